The predicted molar refractivity (Wildman–Crippen MR) is 63.5 cm³/mol. The van der Waals surface area contributed by atoms with Crippen molar-refractivity contribution >= 4 is 5.82 Å². The number of aliphatic hydroxyl groups is 1. The zero-order chi connectivity index (χ0) is 12.0. The zero-order valence-corrected chi connectivity index (χ0v) is 9.81. The third-order valence-electron chi connectivity index (χ3n) is 2.49. The molecule has 1 aromatic rings. The molecule has 5 nitrogen and oxygen atoms in total. The van der Waals surface area contributed by atoms with Gasteiger partial charge in [-0.15, -0.1) is 0 Å². The van der Waals surface area contributed by atoms with E-state index in [1.807, 2.05) is 6.92 Å². The Morgan fingerprint density at radius 1 is 1.62 bits per heavy atom. The monoisotopic (exact) mass is 225 g/mol. The highest BCUT2D eigenvalue weighted by molar-refractivity contribution is 5.30. The lowest BCUT2D eigenvalue weighted by Crippen LogP contribution is -2.22. The van der Waals surface area contributed by atoms with Gasteiger partial charge >= 0.3 is 0 Å². The van der Waals surface area contributed by atoms with Crippen LogP contribution in [0.3, 0.4) is 0 Å². The van der Waals surface area contributed by atoms with Crippen molar-refractivity contribution < 1.29 is 5.11 Å². The Hall–Kier alpha value is -1.36. The maximum Gasteiger partial charge on any atom is 0.293 e. The van der Waals surface area contributed by atoms with Gasteiger partial charge in [0.05, 0.1) is 0 Å². The summed E-state index contributed by atoms with van der Waals surface area (Å²) in [6.45, 7) is 2.92. The van der Waals surface area contributed by atoms with E-state index in [4.69, 9.17) is 5.11 Å². The Kier molecular flexibility index (Phi) is 4.98. The van der Waals surface area contributed by atoms with E-state index in [1.54, 1.807) is 19.4 Å². The van der Waals surface area contributed by atoms with E-state index in [1.165, 1.54) is 4.57 Å². The first-order valence-corrected chi connectivity index (χ1v) is 5.51. The average molecular weight is 225 g/mol. The SMILES string of the molecule is CC(CO)CCCNc1nccn(C)c1=O. The Morgan fingerprint density at radius 2 is 2.38 bits per heavy atom. The lowest BCUT2D eigenvalue weighted by atomic mass is 10.1. The Morgan fingerprint density at radius 3 is 3.06 bits per heavy atom. The number of rotatable bonds is 6. The summed E-state index contributed by atoms with van der Waals surface area (Å²) in [5.41, 5.74) is -0.113. The van der Waals surface area contributed by atoms with E-state index in [9.17, 15) is 4.79 Å². The Bertz CT molecular complexity index is 376. The standard InChI is InChI=1S/C11H19N3O2/c1-9(8-15)4-3-5-12-10-11(16)14(2)7-6-13-10/h6-7,9,15H,3-5,8H2,1-2H3,(H,12,13). The van der Waals surface area contributed by atoms with Gasteiger partial charge in [-0.3, -0.25) is 4.79 Å². The highest BCUT2D eigenvalue weighted by atomic mass is 16.3. The molecule has 1 aromatic heterocycles. The number of nitrogens with zero attached hydrogens (tertiary/aromatic N) is 2. The molecule has 16 heavy (non-hydrogen) atoms. The number of aliphatic hydroxyl groups excluding tert-OH is 1. The molecule has 1 rings (SSSR count). The van der Waals surface area contributed by atoms with Gasteiger partial charge in [-0.2, -0.15) is 0 Å². The van der Waals surface area contributed by atoms with Crippen LogP contribution in [-0.4, -0.2) is 27.8 Å². The molecule has 0 fully saturated rings. The van der Waals surface area contributed by atoms with Gasteiger partial charge in [-0.25, -0.2) is 4.98 Å². The van der Waals surface area contributed by atoms with Gasteiger partial charge in [-0.05, 0) is 18.8 Å². The number of aromatic nitrogens is 2. The van der Waals surface area contributed by atoms with Crippen molar-refractivity contribution in [1.82, 2.24) is 9.55 Å². The topological polar surface area (TPSA) is 67.2 Å². The number of hydrogen-bond donors (Lipinski definition) is 2. The average Bonchev–Trinajstić information content (AvgIpc) is 2.29. The van der Waals surface area contributed by atoms with Crippen molar-refractivity contribution in [2.75, 3.05) is 18.5 Å². The summed E-state index contributed by atoms with van der Waals surface area (Å²) in [7, 11) is 1.70. The first-order chi connectivity index (χ1) is 7.65. The van der Waals surface area contributed by atoms with Crippen LogP contribution in [0.4, 0.5) is 5.82 Å². The molecule has 0 saturated heterocycles. The molecule has 0 amide bonds. The summed E-state index contributed by atoms with van der Waals surface area (Å²) in [5.74, 6) is 0.704. The maximum atomic E-state index is 11.6. The molecule has 1 heterocycles. The summed E-state index contributed by atoms with van der Waals surface area (Å²) in [4.78, 5) is 15.5. The molecule has 90 valence electrons. The highest BCUT2D eigenvalue weighted by Gasteiger charge is 2.02. The zero-order valence-electron chi connectivity index (χ0n) is 9.81. The van der Waals surface area contributed by atoms with Crippen LogP contribution in [-0.2, 0) is 7.05 Å². The molecule has 5 heteroatoms. The molecule has 2 N–H and O–H groups in total. The fraction of sp³-hybridized carbons (Fsp3) is 0.636. The number of nitrogens with one attached hydrogen (secondary N) is 1. The molecule has 1 unspecified atom stereocenters. The van der Waals surface area contributed by atoms with Crippen molar-refractivity contribution in [2.24, 2.45) is 13.0 Å². The van der Waals surface area contributed by atoms with Crippen LogP contribution in [0.5, 0.6) is 0 Å². The van der Waals surface area contributed by atoms with E-state index >= 15 is 0 Å². The fourth-order valence-corrected chi connectivity index (χ4v) is 1.37. The summed E-state index contributed by atoms with van der Waals surface area (Å²) in [6.07, 6.45) is 5.08. The van der Waals surface area contributed by atoms with Crippen LogP contribution in [0.15, 0.2) is 17.2 Å². The van der Waals surface area contributed by atoms with Crippen LogP contribution in [0.25, 0.3) is 0 Å². The third kappa shape index (κ3) is 3.66. The van der Waals surface area contributed by atoms with Gasteiger partial charge in [0.2, 0.25) is 0 Å². The molecule has 0 radical (unpaired) electrons. The second-order valence-electron chi connectivity index (χ2n) is 4.05. The fourth-order valence-electron chi connectivity index (χ4n) is 1.37. The Labute approximate surface area is 95.1 Å². The third-order valence-corrected chi connectivity index (χ3v) is 2.49. The van der Waals surface area contributed by atoms with Gasteiger partial charge in [0.1, 0.15) is 0 Å². The summed E-state index contributed by atoms with van der Waals surface area (Å²) in [5, 5.41) is 11.9. The molecule has 0 aliphatic rings. The van der Waals surface area contributed by atoms with Gasteiger partial charge in [0.25, 0.3) is 5.56 Å². The number of hydrogen-bond acceptors (Lipinski definition) is 4. The highest BCUT2D eigenvalue weighted by Crippen LogP contribution is 2.03. The van der Waals surface area contributed by atoms with E-state index < -0.39 is 0 Å². The quantitative estimate of drug-likeness (QED) is 0.696. The first kappa shape index (κ1) is 12.7. The number of anilines is 1. The predicted octanol–water partition coefficient (Wildman–Crippen LogP) is 0.601. The van der Waals surface area contributed by atoms with Crippen molar-refractivity contribution in [3.63, 3.8) is 0 Å². The van der Waals surface area contributed by atoms with E-state index in [0.717, 1.165) is 12.8 Å². The van der Waals surface area contributed by atoms with Crippen molar-refractivity contribution in [1.29, 1.82) is 0 Å². The minimum absolute atomic E-state index is 0.113. The molecule has 0 saturated carbocycles. The minimum atomic E-state index is -0.113. The normalized spacial score (nSPS) is 12.4. The van der Waals surface area contributed by atoms with Gasteiger partial charge < -0.3 is 15.0 Å². The van der Waals surface area contributed by atoms with Crippen molar-refractivity contribution in [3.05, 3.63) is 22.7 Å². The lowest BCUT2D eigenvalue weighted by Gasteiger charge is -2.08. The van der Waals surface area contributed by atoms with Crippen LogP contribution in [0.1, 0.15) is 19.8 Å². The smallest absolute Gasteiger partial charge is 0.293 e. The Balaban J connectivity index is 2.38. The maximum absolute atomic E-state index is 11.6. The van der Waals surface area contributed by atoms with Crippen LogP contribution in [0.2, 0.25) is 0 Å². The van der Waals surface area contributed by atoms with Gasteiger partial charge in [0, 0.05) is 32.6 Å². The summed E-state index contributed by atoms with van der Waals surface area (Å²) in [6, 6.07) is 0. The van der Waals surface area contributed by atoms with E-state index in [-0.39, 0.29) is 12.2 Å². The molecule has 0 aliphatic carbocycles. The van der Waals surface area contributed by atoms with E-state index in [2.05, 4.69) is 10.3 Å². The van der Waals surface area contributed by atoms with Gasteiger partial charge in [0.15, 0.2) is 5.82 Å². The van der Waals surface area contributed by atoms with Crippen LogP contribution < -0.4 is 10.9 Å². The summed E-state index contributed by atoms with van der Waals surface area (Å²) < 4.78 is 1.49. The molecule has 0 aliphatic heterocycles. The molecule has 0 spiro atoms. The molecule has 1 atom stereocenters. The first-order valence-electron chi connectivity index (χ1n) is 5.51. The van der Waals surface area contributed by atoms with Crippen molar-refractivity contribution in [2.45, 2.75) is 19.8 Å². The van der Waals surface area contributed by atoms with Crippen LogP contribution >= 0.6 is 0 Å². The van der Waals surface area contributed by atoms with Crippen molar-refractivity contribution in [3.8, 4) is 0 Å². The number of aryl methyl sites for hydroxylation is 1. The lowest BCUT2D eigenvalue weighted by molar-refractivity contribution is 0.229. The molecule has 0 aromatic carbocycles. The van der Waals surface area contributed by atoms with Gasteiger partial charge in [-0.1, -0.05) is 6.92 Å². The van der Waals surface area contributed by atoms with E-state index in [0.29, 0.717) is 18.3 Å². The summed E-state index contributed by atoms with van der Waals surface area (Å²) >= 11 is 0. The molecule has 0 bridgehead atoms. The largest absolute Gasteiger partial charge is 0.396 e. The second kappa shape index (κ2) is 6.27. The second-order valence-corrected chi connectivity index (χ2v) is 4.05. The molecular formula is C11H19N3O2. The van der Waals surface area contributed by atoms with Crippen LogP contribution in [0, 0.1) is 5.92 Å². The molecular weight excluding hydrogens is 206 g/mol. The minimum Gasteiger partial charge on any atom is -0.396 e.